The maximum absolute atomic E-state index is 11.0. The number of rotatable bonds is 6. The van der Waals surface area contributed by atoms with Crippen molar-refractivity contribution in [3.63, 3.8) is 0 Å². The average molecular weight is 226 g/mol. The lowest BCUT2D eigenvalue weighted by atomic mass is 10.2. The van der Waals surface area contributed by atoms with Crippen molar-refractivity contribution in [3.05, 3.63) is 11.9 Å². The molecule has 0 saturated carbocycles. The highest BCUT2D eigenvalue weighted by atomic mass is 16.3. The van der Waals surface area contributed by atoms with Gasteiger partial charge in [0.15, 0.2) is 0 Å². The molecule has 6 nitrogen and oxygen atoms in total. The number of aromatic nitrogens is 3. The number of carbonyl (C=O) groups excluding carboxylic acids is 1. The first-order chi connectivity index (χ1) is 7.67. The summed E-state index contributed by atoms with van der Waals surface area (Å²) < 4.78 is 1.65. The van der Waals surface area contributed by atoms with E-state index in [1.54, 1.807) is 17.9 Å². The smallest absolute Gasteiger partial charge is 0.219 e. The summed E-state index contributed by atoms with van der Waals surface area (Å²) in [6.45, 7) is 2.52. The van der Waals surface area contributed by atoms with Crippen LogP contribution in [-0.4, -0.2) is 33.1 Å². The number of aliphatic hydroxyl groups is 1. The molecule has 0 spiro atoms. The van der Waals surface area contributed by atoms with Crippen LogP contribution in [0.1, 0.15) is 38.0 Å². The molecule has 2 N–H and O–H groups in total. The van der Waals surface area contributed by atoms with Crippen molar-refractivity contribution in [3.8, 4) is 0 Å². The van der Waals surface area contributed by atoms with Crippen LogP contribution in [0, 0.1) is 0 Å². The maximum atomic E-state index is 11.0. The van der Waals surface area contributed by atoms with Crippen molar-refractivity contribution in [1.29, 1.82) is 0 Å². The molecule has 1 atom stereocenters. The Morgan fingerprint density at radius 2 is 2.44 bits per heavy atom. The molecule has 1 heterocycles. The Labute approximate surface area is 94.7 Å². The summed E-state index contributed by atoms with van der Waals surface area (Å²) >= 11 is 0. The number of nitrogens with one attached hydrogen (secondary N) is 1. The highest BCUT2D eigenvalue weighted by Crippen LogP contribution is 2.11. The molecule has 1 amide bonds. The number of amides is 1. The van der Waals surface area contributed by atoms with Crippen LogP contribution in [0.3, 0.4) is 0 Å². The Kier molecular flexibility index (Phi) is 4.91. The molecule has 1 aromatic rings. The molecular formula is C10H18N4O2. The SMILES string of the molecule is CCC(O)c1cn(CCCC(=O)NC)nn1. The van der Waals surface area contributed by atoms with E-state index in [1.807, 2.05) is 6.92 Å². The lowest BCUT2D eigenvalue weighted by Gasteiger charge is -2.01. The van der Waals surface area contributed by atoms with Gasteiger partial charge in [0, 0.05) is 20.0 Å². The predicted octanol–water partition coefficient (Wildman–Crippen LogP) is 0.248. The minimum Gasteiger partial charge on any atom is -0.387 e. The number of hydrogen-bond donors (Lipinski definition) is 2. The third kappa shape index (κ3) is 3.62. The Bertz CT molecular complexity index is 337. The third-order valence-corrected chi connectivity index (χ3v) is 2.35. The number of nitrogens with zero attached hydrogens (tertiary/aromatic N) is 3. The molecule has 0 aliphatic rings. The van der Waals surface area contributed by atoms with Gasteiger partial charge in [0.2, 0.25) is 5.91 Å². The van der Waals surface area contributed by atoms with E-state index >= 15 is 0 Å². The fraction of sp³-hybridized carbons (Fsp3) is 0.700. The standard InChI is InChI=1S/C10H18N4O2/c1-3-9(15)8-7-14(13-12-8)6-4-5-10(16)11-2/h7,9,15H,3-6H2,1-2H3,(H,11,16). The molecule has 0 saturated heterocycles. The zero-order valence-corrected chi connectivity index (χ0v) is 9.68. The molecule has 6 heteroatoms. The fourth-order valence-corrected chi connectivity index (χ4v) is 1.31. The van der Waals surface area contributed by atoms with E-state index in [0.29, 0.717) is 31.5 Å². The van der Waals surface area contributed by atoms with E-state index < -0.39 is 6.10 Å². The number of aryl methyl sites for hydroxylation is 1. The zero-order valence-electron chi connectivity index (χ0n) is 9.68. The van der Waals surface area contributed by atoms with Crippen LogP contribution in [0.2, 0.25) is 0 Å². The second kappa shape index (κ2) is 6.22. The van der Waals surface area contributed by atoms with Gasteiger partial charge in [0.05, 0.1) is 12.3 Å². The van der Waals surface area contributed by atoms with E-state index in [2.05, 4.69) is 15.6 Å². The minimum atomic E-state index is -0.548. The van der Waals surface area contributed by atoms with Crippen molar-refractivity contribution in [1.82, 2.24) is 20.3 Å². The Balaban J connectivity index is 2.37. The largest absolute Gasteiger partial charge is 0.387 e. The van der Waals surface area contributed by atoms with E-state index in [-0.39, 0.29) is 5.91 Å². The van der Waals surface area contributed by atoms with Crippen LogP contribution in [0.4, 0.5) is 0 Å². The first kappa shape index (κ1) is 12.6. The summed E-state index contributed by atoms with van der Waals surface area (Å²) in [6, 6.07) is 0. The average Bonchev–Trinajstić information content (AvgIpc) is 2.76. The Hall–Kier alpha value is -1.43. The molecule has 0 bridgehead atoms. The molecule has 0 aromatic carbocycles. The van der Waals surface area contributed by atoms with Crippen LogP contribution in [0.15, 0.2) is 6.20 Å². The molecule has 1 unspecified atom stereocenters. The third-order valence-electron chi connectivity index (χ3n) is 2.35. The van der Waals surface area contributed by atoms with E-state index in [4.69, 9.17) is 0 Å². The van der Waals surface area contributed by atoms with Crippen LogP contribution in [0.5, 0.6) is 0 Å². The molecule has 0 aliphatic heterocycles. The van der Waals surface area contributed by atoms with E-state index in [0.717, 1.165) is 0 Å². The summed E-state index contributed by atoms with van der Waals surface area (Å²) in [5.74, 6) is 0.0222. The summed E-state index contributed by atoms with van der Waals surface area (Å²) in [6.07, 6.45) is 2.98. The minimum absolute atomic E-state index is 0.0222. The molecule has 1 aromatic heterocycles. The highest BCUT2D eigenvalue weighted by molar-refractivity contribution is 5.75. The second-order valence-corrected chi connectivity index (χ2v) is 3.61. The summed E-state index contributed by atoms with van der Waals surface area (Å²) in [5, 5.41) is 19.8. The van der Waals surface area contributed by atoms with Gasteiger partial charge in [0.1, 0.15) is 5.69 Å². The van der Waals surface area contributed by atoms with Gasteiger partial charge in [-0.1, -0.05) is 12.1 Å². The number of carbonyl (C=O) groups is 1. The van der Waals surface area contributed by atoms with Crippen molar-refractivity contribution in [2.45, 2.75) is 38.8 Å². The first-order valence-corrected chi connectivity index (χ1v) is 5.46. The van der Waals surface area contributed by atoms with Gasteiger partial charge >= 0.3 is 0 Å². The fourth-order valence-electron chi connectivity index (χ4n) is 1.31. The monoisotopic (exact) mass is 226 g/mol. The molecular weight excluding hydrogens is 208 g/mol. The van der Waals surface area contributed by atoms with Gasteiger partial charge < -0.3 is 10.4 Å². The predicted molar refractivity (Wildman–Crippen MR) is 58.6 cm³/mol. The van der Waals surface area contributed by atoms with Gasteiger partial charge in [-0.3, -0.25) is 9.48 Å². The Morgan fingerprint density at radius 1 is 1.69 bits per heavy atom. The topological polar surface area (TPSA) is 80.0 Å². The zero-order chi connectivity index (χ0) is 12.0. The highest BCUT2D eigenvalue weighted by Gasteiger charge is 2.09. The van der Waals surface area contributed by atoms with Gasteiger partial charge in [0.25, 0.3) is 0 Å². The van der Waals surface area contributed by atoms with Gasteiger partial charge in [-0.15, -0.1) is 5.10 Å². The molecule has 0 fully saturated rings. The van der Waals surface area contributed by atoms with Crippen molar-refractivity contribution in [2.24, 2.45) is 0 Å². The summed E-state index contributed by atoms with van der Waals surface area (Å²) in [5.41, 5.74) is 0.586. The molecule has 16 heavy (non-hydrogen) atoms. The molecule has 0 aliphatic carbocycles. The van der Waals surface area contributed by atoms with Crippen molar-refractivity contribution in [2.75, 3.05) is 7.05 Å². The van der Waals surface area contributed by atoms with E-state index in [9.17, 15) is 9.90 Å². The summed E-state index contributed by atoms with van der Waals surface area (Å²) in [7, 11) is 1.62. The quantitative estimate of drug-likeness (QED) is 0.728. The molecule has 1 rings (SSSR count). The maximum Gasteiger partial charge on any atom is 0.219 e. The van der Waals surface area contributed by atoms with Crippen LogP contribution < -0.4 is 5.32 Å². The van der Waals surface area contributed by atoms with E-state index in [1.165, 1.54) is 0 Å². The van der Waals surface area contributed by atoms with Gasteiger partial charge in [-0.05, 0) is 12.8 Å². The number of aliphatic hydroxyl groups excluding tert-OH is 1. The lowest BCUT2D eigenvalue weighted by molar-refractivity contribution is -0.120. The second-order valence-electron chi connectivity index (χ2n) is 3.61. The summed E-state index contributed by atoms with van der Waals surface area (Å²) in [4.78, 5) is 11.0. The normalized spacial score (nSPS) is 12.4. The van der Waals surface area contributed by atoms with Gasteiger partial charge in [-0.25, -0.2) is 0 Å². The van der Waals surface area contributed by atoms with Gasteiger partial charge in [-0.2, -0.15) is 0 Å². The van der Waals surface area contributed by atoms with Crippen LogP contribution in [-0.2, 0) is 11.3 Å². The number of hydrogen-bond acceptors (Lipinski definition) is 4. The van der Waals surface area contributed by atoms with Crippen LogP contribution >= 0.6 is 0 Å². The molecule has 90 valence electrons. The first-order valence-electron chi connectivity index (χ1n) is 5.46. The van der Waals surface area contributed by atoms with Crippen molar-refractivity contribution < 1.29 is 9.90 Å². The van der Waals surface area contributed by atoms with Crippen LogP contribution in [0.25, 0.3) is 0 Å². The molecule has 0 radical (unpaired) electrons. The van der Waals surface area contributed by atoms with Crippen molar-refractivity contribution >= 4 is 5.91 Å². The lowest BCUT2D eigenvalue weighted by Crippen LogP contribution is -2.17. The Morgan fingerprint density at radius 3 is 3.06 bits per heavy atom.